The van der Waals surface area contributed by atoms with Crippen LogP contribution in [0.25, 0.3) is 16.8 Å². The number of likely N-dealkylation sites (tertiary alicyclic amines) is 1. The fourth-order valence-corrected chi connectivity index (χ4v) is 7.61. The van der Waals surface area contributed by atoms with Crippen molar-refractivity contribution in [1.82, 2.24) is 24.8 Å². The van der Waals surface area contributed by atoms with Gasteiger partial charge in [-0.25, -0.2) is 4.39 Å². The summed E-state index contributed by atoms with van der Waals surface area (Å²) < 4.78 is 21.7. The van der Waals surface area contributed by atoms with E-state index in [9.17, 15) is 10.1 Å². The molecule has 50 heavy (non-hydrogen) atoms. The minimum absolute atomic E-state index is 0.0665. The number of nitrogens with zero attached hydrogens (tertiary/aromatic N) is 8. The van der Waals surface area contributed by atoms with E-state index in [4.69, 9.17) is 14.7 Å². The highest BCUT2D eigenvalue weighted by Gasteiger charge is 2.35. The Morgan fingerprint density at radius 3 is 2.62 bits per heavy atom. The Labute approximate surface area is 292 Å². The highest BCUT2D eigenvalue weighted by molar-refractivity contribution is 5.97. The number of carbonyl (C=O) groups is 1. The van der Waals surface area contributed by atoms with Gasteiger partial charge in [-0.2, -0.15) is 15.2 Å². The molecule has 0 spiro atoms. The molecule has 2 aromatic heterocycles. The number of carbonyl (C=O) groups excluding carboxylic acids is 1. The molecule has 2 fully saturated rings. The van der Waals surface area contributed by atoms with Crippen LogP contribution in [0.15, 0.2) is 60.6 Å². The van der Waals surface area contributed by atoms with Crippen LogP contribution in [0.5, 0.6) is 6.01 Å². The predicted octanol–water partition coefficient (Wildman–Crippen LogP) is 5.62. The number of pyridine rings is 1. The Balaban J connectivity index is 1.18. The Hall–Kier alpha value is -5.08. The first kappa shape index (κ1) is 33.4. The molecule has 1 amide bonds. The Kier molecular flexibility index (Phi) is 9.63. The largest absolute Gasteiger partial charge is 0.462 e. The van der Waals surface area contributed by atoms with Gasteiger partial charge in [0.15, 0.2) is 5.83 Å². The van der Waals surface area contributed by atoms with Crippen molar-refractivity contribution in [3.63, 3.8) is 0 Å². The second-order valence-corrected chi connectivity index (χ2v) is 13.6. The van der Waals surface area contributed by atoms with Gasteiger partial charge >= 0.3 is 6.01 Å². The van der Waals surface area contributed by atoms with Crippen LogP contribution in [-0.4, -0.2) is 89.1 Å². The summed E-state index contributed by atoms with van der Waals surface area (Å²) in [5.74, 6) is -0.849. The van der Waals surface area contributed by atoms with E-state index in [2.05, 4.69) is 76.1 Å². The summed E-state index contributed by atoms with van der Waals surface area (Å²) >= 11 is 0. The lowest BCUT2D eigenvalue weighted by atomic mass is 9.99. The normalized spacial score (nSPS) is 19.8. The smallest absolute Gasteiger partial charge is 0.318 e. The van der Waals surface area contributed by atoms with Crippen molar-refractivity contribution in [3.8, 4) is 12.1 Å². The molecule has 7 rings (SSSR count). The van der Waals surface area contributed by atoms with Crippen LogP contribution in [0.3, 0.4) is 0 Å². The molecular formula is C39H43FN8O2. The molecule has 10 nitrogen and oxygen atoms in total. The minimum atomic E-state index is -0.890. The molecule has 3 aliphatic heterocycles. The fourth-order valence-electron chi connectivity index (χ4n) is 7.61. The van der Waals surface area contributed by atoms with Crippen LogP contribution in [0.2, 0.25) is 0 Å². The molecule has 0 radical (unpaired) electrons. The average molecular weight is 675 g/mol. The van der Waals surface area contributed by atoms with Gasteiger partial charge in [0.2, 0.25) is 0 Å². The second kappa shape index (κ2) is 14.4. The van der Waals surface area contributed by atoms with Crippen molar-refractivity contribution in [2.75, 3.05) is 56.2 Å². The monoisotopic (exact) mass is 674 g/mol. The molecule has 0 aliphatic carbocycles. The number of likely N-dealkylation sites (N-methyl/N-ethyl adjacent to an activating group) is 1. The number of halogens is 1. The number of anilines is 2. The van der Waals surface area contributed by atoms with E-state index in [1.54, 1.807) is 12.3 Å². The number of hydrogen-bond donors (Lipinski definition) is 0. The summed E-state index contributed by atoms with van der Waals surface area (Å²) in [6.07, 6.45) is 5.75. The van der Waals surface area contributed by atoms with Gasteiger partial charge in [-0.3, -0.25) is 9.78 Å². The number of hydrogen-bond acceptors (Lipinski definition) is 9. The molecule has 1 unspecified atom stereocenters. The van der Waals surface area contributed by atoms with Gasteiger partial charge in [0, 0.05) is 61.1 Å². The number of aromatic nitrogens is 3. The number of rotatable bonds is 8. The number of ether oxygens (including phenoxy) is 1. The highest BCUT2D eigenvalue weighted by atomic mass is 19.1. The van der Waals surface area contributed by atoms with E-state index in [1.807, 2.05) is 13.0 Å². The summed E-state index contributed by atoms with van der Waals surface area (Å²) in [5, 5.41) is 12.2. The molecule has 3 aliphatic rings. The molecular weight excluding hydrogens is 631 g/mol. The molecule has 0 saturated carbocycles. The van der Waals surface area contributed by atoms with Gasteiger partial charge in [-0.15, -0.1) is 0 Å². The lowest BCUT2D eigenvalue weighted by molar-refractivity contribution is -0.131. The van der Waals surface area contributed by atoms with Crippen molar-refractivity contribution >= 4 is 34.3 Å². The summed E-state index contributed by atoms with van der Waals surface area (Å²) in [4.78, 5) is 35.9. The zero-order valence-corrected chi connectivity index (χ0v) is 29.0. The third kappa shape index (κ3) is 6.72. The molecule has 5 heterocycles. The summed E-state index contributed by atoms with van der Waals surface area (Å²) in [6, 6.07) is 18.8. The summed E-state index contributed by atoms with van der Waals surface area (Å²) in [6.45, 7) is 7.93. The lowest BCUT2D eigenvalue weighted by Gasteiger charge is -2.42. The molecule has 0 N–H and O–H groups in total. The third-order valence-corrected chi connectivity index (χ3v) is 10.4. The molecule has 258 valence electrons. The first-order chi connectivity index (χ1) is 24.3. The summed E-state index contributed by atoms with van der Waals surface area (Å²) in [7, 11) is 2.12. The molecule has 0 bridgehead atoms. The Bertz CT molecular complexity index is 1970. The van der Waals surface area contributed by atoms with Crippen LogP contribution in [0, 0.1) is 25.2 Å². The van der Waals surface area contributed by atoms with Crippen LogP contribution >= 0.6 is 0 Å². The number of amides is 1. The van der Waals surface area contributed by atoms with Gasteiger partial charge in [-0.05, 0) is 75.3 Å². The zero-order chi connectivity index (χ0) is 34.8. The third-order valence-electron chi connectivity index (χ3n) is 10.4. The van der Waals surface area contributed by atoms with Crippen LogP contribution in [0.1, 0.15) is 47.3 Å². The molecule has 2 saturated heterocycles. The van der Waals surface area contributed by atoms with Gasteiger partial charge in [0.1, 0.15) is 12.4 Å². The quantitative estimate of drug-likeness (QED) is 0.221. The number of aryl methyl sites for hydroxylation is 2. The SMILES string of the molecule is Cc1cccnc1/C=C(\F)C(=O)N1CCN(c2nc(OCC3CCCN3C)nc3c2CCN(c2cccc4cccc(C)c24)C3)C[C@@H]1CC#N. The van der Waals surface area contributed by atoms with Gasteiger partial charge in [-0.1, -0.05) is 36.4 Å². The number of piperazine rings is 1. The van der Waals surface area contributed by atoms with E-state index in [-0.39, 0.29) is 13.0 Å². The number of benzene rings is 2. The topological polar surface area (TPSA) is 102 Å². The maximum absolute atomic E-state index is 15.4. The lowest BCUT2D eigenvalue weighted by Crippen LogP contribution is -2.56. The highest BCUT2D eigenvalue weighted by Crippen LogP contribution is 2.36. The van der Waals surface area contributed by atoms with Gasteiger partial charge in [0.25, 0.3) is 5.91 Å². The van der Waals surface area contributed by atoms with Gasteiger partial charge in [0.05, 0.1) is 36.5 Å². The standard InChI is InChI=1S/C39H43FN8O2/c1-26-9-6-17-42-33(26)22-32(40)38(49)48-21-20-47(23-29(48)14-16-41)37-31-15-19-46(35-13-5-11-28-10-4-8-27(2)36(28)35)24-34(31)43-39(44-37)50-25-30-12-7-18-45(30)3/h4-6,8-11,13,17,22,29-30H,7,12,14-15,18-21,23-25H2,1-3H3/b32-22-/t29-,30?/m0/s1. The predicted molar refractivity (Wildman–Crippen MR) is 193 cm³/mol. The van der Waals surface area contributed by atoms with Crippen molar-refractivity contribution in [1.29, 1.82) is 5.26 Å². The van der Waals surface area contributed by atoms with Crippen LogP contribution in [0.4, 0.5) is 15.9 Å². The summed E-state index contributed by atoms with van der Waals surface area (Å²) in [5.41, 5.74) is 5.56. The number of fused-ring (bicyclic) bond motifs is 2. The van der Waals surface area contributed by atoms with Crippen LogP contribution in [-0.2, 0) is 17.8 Å². The second-order valence-electron chi connectivity index (χ2n) is 13.6. The fraction of sp³-hybridized carbons (Fsp3) is 0.410. The van der Waals surface area contributed by atoms with E-state index >= 15 is 4.39 Å². The minimum Gasteiger partial charge on any atom is -0.462 e. The van der Waals surface area contributed by atoms with E-state index in [1.165, 1.54) is 33.0 Å². The first-order valence-corrected chi connectivity index (χ1v) is 17.5. The van der Waals surface area contributed by atoms with Crippen molar-refractivity contribution in [2.24, 2.45) is 0 Å². The van der Waals surface area contributed by atoms with Gasteiger partial charge < -0.3 is 24.3 Å². The van der Waals surface area contributed by atoms with Crippen molar-refractivity contribution in [3.05, 3.63) is 88.6 Å². The van der Waals surface area contributed by atoms with Crippen molar-refractivity contribution in [2.45, 2.75) is 58.2 Å². The molecule has 11 heteroatoms. The Morgan fingerprint density at radius 2 is 1.84 bits per heavy atom. The van der Waals surface area contributed by atoms with E-state index < -0.39 is 17.8 Å². The zero-order valence-electron chi connectivity index (χ0n) is 29.0. The number of nitriles is 1. The maximum Gasteiger partial charge on any atom is 0.318 e. The molecule has 4 aromatic rings. The molecule has 2 atom stereocenters. The molecule has 2 aromatic carbocycles. The van der Waals surface area contributed by atoms with Crippen molar-refractivity contribution < 1.29 is 13.9 Å². The van der Waals surface area contributed by atoms with E-state index in [0.717, 1.165) is 55.0 Å². The average Bonchev–Trinajstić information content (AvgIpc) is 3.55. The first-order valence-electron chi connectivity index (χ1n) is 17.5. The van der Waals surface area contributed by atoms with Crippen LogP contribution < -0.4 is 14.5 Å². The van der Waals surface area contributed by atoms with E-state index in [0.29, 0.717) is 44.0 Å². The Morgan fingerprint density at radius 1 is 1.02 bits per heavy atom. The maximum atomic E-state index is 15.4.